The highest BCUT2D eigenvalue weighted by Gasteiger charge is 2.66. The Morgan fingerprint density at radius 3 is 2.47 bits per heavy atom. The second-order valence-electron chi connectivity index (χ2n) is 12.1. The van der Waals surface area contributed by atoms with Crippen molar-refractivity contribution < 1.29 is 23.5 Å². The van der Waals surface area contributed by atoms with Crippen molar-refractivity contribution >= 4 is 29.1 Å². The maximum atomic E-state index is 14.7. The van der Waals surface area contributed by atoms with Gasteiger partial charge in [-0.2, -0.15) is 0 Å². The molecule has 1 saturated heterocycles. The molecule has 4 N–H and O–H groups in total. The van der Waals surface area contributed by atoms with Crippen molar-refractivity contribution in [1.82, 2.24) is 10.6 Å². The molecule has 38 heavy (non-hydrogen) atoms. The average Bonchev–Trinajstić information content (AvgIpc) is 3.30. The molecule has 0 aromatic heterocycles. The van der Waals surface area contributed by atoms with E-state index in [2.05, 4.69) is 16.0 Å². The molecule has 204 valence electrons. The van der Waals surface area contributed by atoms with Crippen LogP contribution in [0.5, 0.6) is 0 Å². The fourth-order valence-corrected chi connectivity index (χ4v) is 6.84. The zero-order valence-electron chi connectivity index (χ0n) is 21.8. The van der Waals surface area contributed by atoms with E-state index in [1.807, 2.05) is 26.8 Å². The van der Waals surface area contributed by atoms with E-state index in [1.54, 1.807) is 18.2 Å². The lowest BCUT2D eigenvalue weighted by molar-refractivity contribution is -0.124. The first-order valence-electron chi connectivity index (χ1n) is 13.2. The van der Waals surface area contributed by atoms with Crippen molar-refractivity contribution in [3.63, 3.8) is 0 Å². The first-order valence-corrected chi connectivity index (χ1v) is 13.6. The summed E-state index contributed by atoms with van der Waals surface area (Å²) in [6.07, 6.45) is 2.67. The maximum Gasteiger partial charge on any atom is 0.238 e. The Labute approximate surface area is 226 Å². The Bertz CT molecular complexity index is 1260. The van der Waals surface area contributed by atoms with E-state index < -0.39 is 41.0 Å². The van der Waals surface area contributed by atoms with Crippen LogP contribution in [-0.4, -0.2) is 41.2 Å². The van der Waals surface area contributed by atoms with E-state index in [4.69, 9.17) is 11.6 Å². The number of carbonyl (C=O) groups excluding carboxylic acids is 2. The highest BCUT2D eigenvalue weighted by atomic mass is 35.5. The summed E-state index contributed by atoms with van der Waals surface area (Å²) in [4.78, 5) is 28.0. The van der Waals surface area contributed by atoms with Gasteiger partial charge in [0.1, 0.15) is 5.41 Å². The third-order valence-corrected chi connectivity index (χ3v) is 8.47. The Kier molecular flexibility index (Phi) is 7.03. The fourth-order valence-electron chi connectivity index (χ4n) is 6.65. The number of nitrogens with one attached hydrogen (secondary N) is 3. The normalized spacial score (nSPS) is 30.8. The Balaban J connectivity index is 1.66. The third-order valence-electron chi connectivity index (χ3n) is 8.23. The van der Waals surface area contributed by atoms with Crippen LogP contribution in [0.25, 0.3) is 0 Å². The van der Waals surface area contributed by atoms with E-state index in [0.29, 0.717) is 48.3 Å². The number of fused-ring (bicyclic) bond motifs is 2. The van der Waals surface area contributed by atoms with Gasteiger partial charge >= 0.3 is 0 Å². The van der Waals surface area contributed by atoms with Crippen LogP contribution in [-0.2, 0) is 15.0 Å². The minimum absolute atomic E-state index is 0.0958. The first-order chi connectivity index (χ1) is 17.9. The molecule has 3 aliphatic rings. The van der Waals surface area contributed by atoms with Crippen LogP contribution in [0, 0.1) is 17.0 Å². The summed E-state index contributed by atoms with van der Waals surface area (Å²) in [5, 5.41) is 19.7. The van der Waals surface area contributed by atoms with Crippen molar-refractivity contribution in [3.8, 4) is 0 Å². The highest BCUT2D eigenvalue weighted by Crippen LogP contribution is 2.56. The zero-order chi connectivity index (χ0) is 27.4. The van der Waals surface area contributed by atoms with Crippen LogP contribution in [0.1, 0.15) is 69.9 Å². The summed E-state index contributed by atoms with van der Waals surface area (Å²) in [6.45, 7) is 6.11. The van der Waals surface area contributed by atoms with Crippen LogP contribution in [0.4, 0.5) is 14.5 Å². The molecule has 4 unspecified atom stereocenters. The molecule has 2 fully saturated rings. The Morgan fingerprint density at radius 2 is 1.82 bits per heavy atom. The van der Waals surface area contributed by atoms with Crippen LogP contribution in [0.3, 0.4) is 0 Å². The number of anilines is 1. The van der Waals surface area contributed by atoms with Crippen molar-refractivity contribution in [1.29, 1.82) is 0 Å². The summed E-state index contributed by atoms with van der Waals surface area (Å²) < 4.78 is 29.0. The molecule has 5 rings (SSSR count). The number of aliphatic hydroxyl groups is 1. The molecule has 2 aromatic rings. The van der Waals surface area contributed by atoms with Gasteiger partial charge in [-0.3, -0.25) is 9.59 Å². The molecule has 1 spiro atoms. The molecule has 6 nitrogen and oxygen atoms in total. The number of carbonyl (C=O) groups is 2. The van der Waals surface area contributed by atoms with Gasteiger partial charge in [0, 0.05) is 34.8 Å². The molecule has 0 bridgehead atoms. The fraction of sp³-hybridized carbons (Fsp3) is 0.517. The van der Waals surface area contributed by atoms with E-state index in [0.717, 1.165) is 12.1 Å². The largest absolute Gasteiger partial charge is 0.393 e. The van der Waals surface area contributed by atoms with Gasteiger partial charge in [-0.15, -0.1) is 0 Å². The smallest absolute Gasteiger partial charge is 0.238 e. The molecular formula is C29H34ClF2N3O3. The molecule has 1 saturated carbocycles. The van der Waals surface area contributed by atoms with Gasteiger partial charge in [0.2, 0.25) is 11.8 Å². The lowest BCUT2D eigenvalue weighted by Crippen LogP contribution is -2.49. The molecule has 2 aromatic carbocycles. The average molecular weight is 546 g/mol. The Morgan fingerprint density at radius 1 is 1.13 bits per heavy atom. The van der Waals surface area contributed by atoms with Crippen LogP contribution in [0.2, 0.25) is 5.02 Å². The van der Waals surface area contributed by atoms with Crippen molar-refractivity contribution in [2.24, 2.45) is 5.41 Å². The third kappa shape index (κ3) is 4.71. The highest BCUT2D eigenvalue weighted by molar-refractivity contribution is 6.30. The first kappa shape index (κ1) is 27.0. The van der Waals surface area contributed by atoms with E-state index in [1.165, 1.54) is 0 Å². The monoisotopic (exact) mass is 545 g/mol. The van der Waals surface area contributed by atoms with Gasteiger partial charge in [0.15, 0.2) is 11.6 Å². The quantitative estimate of drug-likeness (QED) is 0.445. The number of rotatable bonds is 4. The SMILES string of the molecule is CC(C)(C)CC1NC(C(=O)NC2CCC(O)CC2)C(c2cccc(Cl)c2)C12C(=O)Nc1cc(F)c(F)cc12. The number of benzene rings is 2. The summed E-state index contributed by atoms with van der Waals surface area (Å²) in [6, 6.07) is 7.66. The predicted octanol–water partition coefficient (Wildman–Crippen LogP) is 4.79. The lowest BCUT2D eigenvalue weighted by Gasteiger charge is -2.37. The minimum atomic E-state index is -1.38. The molecule has 9 heteroatoms. The molecule has 0 radical (unpaired) electrons. The van der Waals surface area contributed by atoms with E-state index >= 15 is 0 Å². The summed E-state index contributed by atoms with van der Waals surface area (Å²) in [5.74, 6) is -3.51. The van der Waals surface area contributed by atoms with Gasteiger partial charge in [0.25, 0.3) is 0 Å². The predicted molar refractivity (Wildman–Crippen MR) is 142 cm³/mol. The maximum absolute atomic E-state index is 14.7. The number of halogens is 3. The van der Waals surface area contributed by atoms with Gasteiger partial charge in [0.05, 0.1) is 12.1 Å². The summed E-state index contributed by atoms with van der Waals surface area (Å²) in [7, 11) is 0. The van der Waals surface area contributed by atoms with Crippen LogP contribution < -0.4 is 16.0 Å². The van der Waals surface area contributed by atoms with E-state index in [9.17, 15) is 23.5 Å². The van der Waals surface area contributed by atoms with Crippen molar-refractivity contribution in [2.75, 3.05) is 5.32 Å². The standard InChI is InChI=1S/C29H34ClF2N3O3/c1-28(2,3)14-23-29(19-12-20(31)21(32)13-22(19)34-27(29)38)24(15-5-4-6-16(30)11-15)25(35-23)26(37)33-17-7-9-18(36)10-8-17/h4-6,11-13,17-18,23-25,35-36H,7-10,14H2,1-3H3,(H,33,37)(H,34,38). The molecule has 1 aliphatic carbocycles. The lowest BCUT2D eigenvalue weighted by atomic mass is 9.62. The number of hydrogen-bond acceptors (Lipinski definition) is 4. The minimum Gasteiger partial charge on any atom is -0.393 e. The molecule has 2 amide bonds. The summed E-state index contributed by atoms with van der Waals surface area (Å²) >= 11 is 6.39. The topological polar surface area (TPSA) is 90.5 Å². The van der Waals surface area contributed by atoms with Gasteiger partial charge in [-0.1, -0.05) is 44.5 Å². The van der Waals surface area contributed by atoms with Crippen LogP contribution in [0.15, 0.2) is 36.4 Å². The van der Waals surface area contributed by atoms with E-state index in [-0.39, 0.29) is 29.2 Å². The van der Waals surface area contributed by atoms with Crippen molar-refractivity contribution in [2.45, 2.75) is 88.4 Å². The Hall–Kier alpha value is -2.55. The second-order valence-corrected chi connectivity index (χ2v) is 12.6. The number of aliphatic hydroxyl groups excluding tert-OH is 1. The van der Waals surface area contributed by atoms with Gasteiger partial charge in [-0.05, 0) is 66.8 Å². The summed E-state index contributed by atoms with van der Waals surface area (Å²) in [5.41, 5.74) is -0.427. The van der Waals surface area contributed by atoms with Crippen molar-refractivity contribution in [3.05, 3.63) is 64.2 Å². The number of hydrogen-bond donors (Lipinski definition) is 4. The molecular weight excluding hydrogens is 512 g/mol. The molecule has 2 heterocycles. The van der Waals surface area contributed by atoms with Gasteiger partial charge < -0.3 is 21.1 Å². The molecule has 4 atom stereocenters. The second kappa shape index (κ2) is 9.88. The number of amides is 2. The molecule has 2 aliphatic heterocycles. The zero-order valence-corrected chi connectivity index (χ0v) is 22.5. The van der Waals surface area contributed by atoms with Gasteiger partial charge in [-0.25, -0.2) is 8.78 Å². The van der Waals surface area contributed by atoms with Crippen LogP contribution >= 0.6 is 11.6 Å².